The molecule has 3 nitrogen and oxygen atoms in total. The second-order valence-corrected chi connectivity index (χ2v) is 4.94. The monoisotopic (exact) mass is 249 g/mol. The standard InChI is InChI=1S/C15H23NO2/c1-11-8-12(2)14(13(3)9-11)6-7-16(4)10-15(17)18-5/h8-9H,6-7,10H2,1-5H3. The van der Waals surface area contributed by atoms with E-state index in [-0.39, 0.29) is 5.97 Å². The van der Waals surface area contributed by atoms with Crippen molar-refractivity contribution in [3.63, 3.8) is 0 Å². The van der Waals surface area contributed by atoms with Crippen molar-refractivity contribution in [2.45, 2.75) is 27.2 Å². The molecule has 0 bridgehead atoms. The number of methoxy groups -OCH3 is 1. The van der Waals surface area contributed by atoms with Gasteiger partial charge in [-0.25, -0.2) is 0 Å². The molecule has 0 radical (unpaired) electrons. The van der Waals surface area contributed by atoms with Gasteiger partial charge >= 0.3 is 5.97 Å². The van der Waals surface area contributed by atoms with E-state index in [0.29, 0.717) is 6.54 Å². The van der Waals surface area contributed by atoms with E-state index in [1.54, 1.807) is 0 Å². The number of ether oxygens (including phenoxy) is 1. The minimum absolute atomic E-state index is 0.185. The van der Waals surface area contributed by atoms with Gasteiger partial charge in [0.15, 0.2) is 0 Å². The maximum atomic E-state index is 11.1. The van der Waals surface area contributed by atoms with Crippen molar-refractivity contribution in [2.75, 3.05) is 27.2 Å². The average Bonchev–Trinajstić information content (AvgIpc) is 2.27. The molecule has 1 rings (SSSR count). The molecule has 0 unspecified atom stereocenters. The number of hydrogen-bond donors (Lipinski definition) is 0. The Kier molecular flexibility index (Phi) is 5.35. The molecule has 0 aromatic heterocycles. The number of carbonyl (C=O) groups excluding carboxylic acids is 1. The molecule has 0 amide bonds. The van der Waals surface area contributed by atoms with Gasteiger partial charge in [-0.05, 0) is 50.9 Å². The first-order valence-electron chi connectivity index (χ1n) is 6.26. The third-order valence-corrected chi connectivity index (χ3v) is 3.21. The average molecular weight is 249 g/mol. The van der Waals surface area contributed by atoms with Gasteiger partial charge in [-0.15, -0.1) is 0 Å². The van der Waals surface area contributed by atoms with Crippen LogP contribution in [-0.4, -0.2) is 38.1 Å². The van der Waals surface area contributed by atoms with Crippen molar-refractivity contribution >= 4 is 5.97 Å². The van der Waals surface area contributed by atoms with Crippen molar-refractivity contribution in [1.29, 1.82) is 0 Å². The lowest BCUT2D eigenvalue weighted by molar-refractivity contribution is -0.141. The largest absolute Gasteiger partial charge is 0.468 e. The number of aryl methyl sites for hydroxylation is 3. The van der Waals surface area contributed by atoms with Crippen LogP contribution in [0.3, 0.4) is 0 Å². The molecule has 0 heterocycles. The van der Waals surface area contributed by atoms with Crippen molar-refractivity contribution in [3.8, 4) is 0 Å². The summed E-state index contributed by atoms with van der Waals surface area (Å²) in [6.07, 6.45) is 0.964. The number of likely N-dealkylation sites (N-methyl/N-ethyl adjacent to an activating group) is 1. The second kappa shape index (κ2) is 6.55. The topological polar surface area (TPSA) is 29.5 Å². The van der Waals surface area contributed by atoms with Gasteiger partial charge in [0.1, 0.15) is 0 Å². The first kappa shape index (κ1) is 14.7. The molecule has 0 fully saturated rings. The lowest BCUT2D eigenvalue weighted by Crippen LogP contribution is -2.28. The number of nitrogens with zero attached hydrogens (tertiary/aromatic N) is 1. The van der Waals surface area contributed by atoms with E-state index in [9.17, 15) is 4.79 Å². The molecule has 0 aliphatic heterocycles. The van der Waals surface area contributed by atoms with Crippen LogP contribution in [-0.2, 0) is 16.0 Å². The quantitative estimate of drug-likeness (QED) is 0.750. The SMILES string of the molecule is COC(=O)CN(C)CCc1c(C)cc(C)cc1C. The summed E-state index contributed by atoms with van der Waals surface area (Å²) in [5, 5.41) is 0. The highest BCUT2D eigenvalue weighted by Crippen LogP contribution is 2.17. The van der Waals surface area contributed by atoms with Crippen LogP contribution in [0.4, 0.5) is 0 Å². The summed E-state index contributed by atoms with van der Waals surface area (Å²) in [7, 11) is 3.36. The van der Waals surface area contributed by atoms with Gasteiger partial charge in [-0.3, -0.25) is 9.69 Å². The fourth-order valence-corrected chi connectivity index (χ4v) is 2.27. The van der Waals surface area contributed by atoms with Gasteiger partial charge in [-0.2, -0.15) is 0 Å². The molecule has 1 aromatic carbocycles. The third kappa shape index (κ3) is 4.15. The summed E-state index contributed by atoms with van der Waals surface area (Å²) in [4.78, 5) is 13.1. The Hall–Kier alpha value is -1.35. The fraction of sp³-hybridized carbons (Fsp3) is 0.533. The fourth-order valence-electron chi connectivity index (χ4n) is 2.27. The van der Waals surface area contributed by atoms with Crippen LogP contribution in [0, 0.1) is 20.8 Å². The number of rotatable bonds is 5. The smallest absolute Gasteiger partial charge is 0.319 e. The zero-order chi connectivity index (χ0) is 13.7. The van der Waals surface area contributed by atoms with E-state index in [0.717, 1.165) is 13.0 Å². The second-order valence-electron chi connectivity index (χ2n) is 4.94. The predicted octanol–water partition coefficient (Wildman–Crippen LogP) is 2.26. The summed E-state index contributed by atoms with van der Waals surface area (Å²) in [6.45, 7) is 7.62. The molecule has 0 N–H and O–H groups in total. The van der Waals surface area contributed by atoms with E-state index in [4.69, 9.17) is 0 Å². The molecule has 0 spiro atoms. The molecule has 0 saturated carbocycles. The van der Waals surface area contributed by atoms with Gasteiger partial charge in [0.2, 0.25) is 0 Å². The molecule has 0 aliphatic rings. The first-order valence-corrected chi connectivity index (χ1v) is 6.26. The Bertz CT molecular complexity index is 403. The Balaban J connectivity index is 2.61. The van der Waals surface area contributed by atoms with Crippen LogP contribution in [0.5, 0.6) is 0 Å². The van der Waals surface area contributed by atoms with E-state index in [1.165, 1.54) is 29.4 Å². The van der Waals surface area contributed by atoms with Crippen LogP contribution >= 0.6 is 0 Å². The number of hydrogen-bond acceptors (Lipinski definition) is 3. The molecule has 100 valence electrons. The third-order valence-electron chi connectivity index (χ3n) is 3.21. The molecule has 0 aliphatic carbocycles. The predicted molar refractivity (Wildman–Crippen MR) is 73.9 cm³/mol. The van der Waals surface area contributed by atoms with Crippen molar-refractivity contribution in [2.24, 2.45) is 0 Å². The molecule has 3 heteroatoms. The summed E-state index contributed by atoms with van der Waals surface area (Å²) >= 11 is 0. The van der Waals surface area contributed by atoms with Crippen LogP contribution in [0.2, 0.25) is 0 Å². The number of carbonyl (C=O) groups is 1. The lowest BCUT2D eigenvalue weighted by atomic mass is 9.97. The van der Waals surface area contributed by atoms with E-state index in [1.807, 2.05) is 11.9 Å². The number of benzene rings is 1. The summed E-state index contributed by atoms with van der Waals surface area (Å²) in [6, 6.07) is 4.42. The molecule has 0 saturated heterocycles. The highest BCUT2D eigenvalue weighted by atomic mass is 16.5. The van der Waals surface area contributed by atoms with Crippen LogP contribution in [0.1, 0.15) is 22.3 Å². The molecule has 1 aromatic rings. The van der Waals surface area contributed by atoms with Crippen molar-refractivity contribution in [1.82, 2.24) is 4.90 Å². The zero-order valence-electron chi connectivity index (χ0n) is 12.0. The summed E-state index contributed by atoms with van der Waals surface area (Å²) in [5.41, 5.74) is 5.35. The van der Waals surface area contributed by atoms with Crippen molar-refractivity contribution in [3.05, 3.63) is 34.4 Å². The zero-order valence-corrected chi connectivity index (χ0v) is 12.0. The minimum Gasteiger partial charge on any atom is -0.468 e. The molecular formula is C15H23NO2. The highest BCUT2D eigenvalue weighted by Gasteiger charge is 2.08. The van der Waals surface area contributed by atoms with Gasteiger partial charge in [0.25, 0.3) is 0 Å². The maximum Gasteiger partial charge on any atom is 0.319 e. The maximum absolute atomic E-state index is 11.1. The lowest BCUT2D eigenvalue weighted by Gasteiger charge is -2.17. The highest BCUT2D eigenvalue weighted by molar-refractivity contribution is 5.71. The van der Waals surface area contributed by atoms with Crippen LogP contribution in [0.25, 0.3) is 0 Å². The van der Waals surface area contributed by atoms with Gasteiger partial charge in [0.05, 0.1) is 13.7 Å². The molecular weight excluding hydrogens is 226 g/mol. The summed E-state index contributed by atoms with van der Waals surface area (Å²) < 4.78 is 4.66. The molecule has 0 atom stereocenters. The Labute approximate surface area is 110 Å². The van der Waals surface area contributed by atoms with E-state index in [2.05, 4.69) is 37.6 Å². The van der Waals surface area contributed by atoms with Crippen molar-refractivity contribution < 1.29 is 9.53 Å². The van der Waals surface area contributed by atoms with Crippen LogP contribution < -0.4 is 0 Å². The Morgan fingerprint density at radius 3 is 2.28 bits per heavy atom. The summed E-state index contributed by atoms with van der Waals surface area (Å²) in [5.74, 6) is -0.185. The van der Waals surface area contributed by atoms with Gasteiger partial charge in [0, 0.05) is 6.54 Å². The van der Waals surface area contributed by atoms with E-state index < -0.39 is 0 Å². The normalized spacial score (nSPS) is 10.8. The first-order chi connectivity index (χ1) is 8.43. The minimum atomic E-state index is -0.185. The van der Waals surface area contributed by atoms with Gasteiger partial charge in [-0.1, -0.05) is 17.7 Å². The van der Waals surface area contributed by atoms with Gasteiger partial charge < -0.3 is 4.74 Å². The Morgan fingerprint density at radius 1 is 1.22 bits per heavy atom. The Morgan fingerprint density at radius 2 is 1.78 bits per heavy atom. The van der Waals surface area contributed by atoms with E-state index >= 15 is 0 Å². The number of esters is 1. The molecule has 18 heavy (non-hydrogen) atoms. The van der Waals surface area contributed by atoms with Crippen LogP contribution in [0.15, 0.2) is 12.1 Å².